The molecule has 0 unspecified atom stereocenters. The maximum absolute atomic E-state index is 11.3. The maximum Gasteiger partial charge on any atom is 0.294 e. The van der Waals surface area contributed by atoms with E-state index in [0.29, 0.717) is 11.1 Å². The molecule has 0 amide bonds. The van der Waals surface area contributed by atoms with Gasteiger partial charge in [-0.2, -0.15) is 8.42 Å². The number of rotatable bonds is 2. The fraction of sp³-hybridized carbons (Fsp3) is 0.167. The maximum atomic E-state index is 11.3. The SMILES string of the molecule is O=S(=O)(O)C1=C(c2ccccc2)CC(Cl)(Cl)C=C1. The van der Waals surface area contributed by atoms with Crippen LogP contribution in [-0.2, 0) is 10.1 Å². The van der Waals surface area contributed by atoms with Gasteiger partial charge < -0.3 is 0 Å². The van der Waals surface area contributed by atoms with Gasteiger partial charge in [-0.1, -0.05) is 53.5 Å². The molecule has 0 aliphatic heterocycles. The van der Waals surface area contributed by atoms with Gasteiger partial charge in [0.1, 0.15) is 4.33 Å². The van der Waals surface area contributed by atoms with Gasteiger partial charge in [-0.05, 0) is 23.3 Å². The van der Waals surface area contributed by atoms with Crippen molar-refractivity contribution in [1.29, 1.82) is 0 Å². The second-order valence-corrected chi connectivity index (χ2v) is 6.89. The monoisotopic (exact) mass is 304 g/mol. The van der Waals surface area contributed by atoms with E-state index in [1.165, 1.54) is 12.2 Å². The number of alkyl halides is 2. The summed E-state index contributed by atoms with van der Waals surface area (Å²) in [6, 6.07) is 8.83. The van der Waals surface area contributed by atoms with E-state index in [4.69, 9.17) is 23.2 Å². The van der Waals surface area contributed by atoms with Crippen molar-refractivity contribution in [2.24, 2.45) is 0 Å². The van der Waals surface area contributed by atoms with E-state index in [0.717, 1.165) is 0 Å². The molecule has 0 spiro atoms. The van der Waals surface area contributed by atoms with Crippen molar-refractivity contribution in [2.75, 3.05) is 0 Å². The fourth-order valence-corrected chi connectivity index (χ4v) is 2.94. The highest BCUT2D eigenvalue weighted by Gasteiger charge is 2.31. The second kappa shape index (κ2) is 4.70. The summed E-state index contributed by atoms with van der Waals surface area (Å²) in [6.45, 7) is 0. The molecule has 96 valence electrons. The van der Waals surface area contributed by atoms with Gasteiger partial charge in [-0.25, -0.2) is 0 Å². The summed E-state index contributed by atoms with van der Waals surface area (Å²) in [5.74, 6) is 0. The minimum atomic E-state index is -4.30. The lowest BCUT2D eigenvalue weighted by Crippen LogP contribution is -2.17. The van der Waals surface area contributed by atoms with Crippen LogP contribution >= 0.6 is 23.2 Å². The van der Waals surface area contributed by atoms with Crippen LogP contribution < -0.4 is 0 Å². The highest BCUT2D eigenvalue weighted by molar-refractivity contribution is 7.90. The van der Waals surface area contributed by atoms with E-state index in [2.05, 4.69) is 0 Å². The van der Waals surface area contributed by atoms with Gasteiger partial charge in [0.15, 0.2) is 0 Å². The molecule has 6 heteroatoms. The molecule has 1 aliphatic rings. The van der Waals surface area contributed by atoms with Crippen LogP contribution in [-0.4, -0.2) is 17.3 Å². The highest BCUT2D eigenvalue weighted by Crippen LogP contribution is 2.41. The largest absolute Gasteiger partial charge is 0.294 e. The molecular weight excluding hydrogens is 295 g/mol. The number of hydrogen-bond acceptors (Lipinski definition) is 2. The summed E-state index contributed by atoms with van der Waals surface area (Å²) in [6.07, 6.45) is 2.71. The van der Waals surface area contributed by atoms with E-state index < -0.39 is 14.5 Å². The predicted octanol–water partition coefficient (Wildman–Crippen LogP) is 3.42. The first-order valence-corrected chi connectivity index (χ1v) is 7.32. The van der Waals surface area contributed by atoms with Crippen molar-refractivity contribution in [3.05, 3.63) is 53.0 Å². The van der Waals surface area contributed by atoms with Crippen LogP contribution in [0.15, 0.2) is 47.4 Å². The van der Waals surface area contributed by atoms with Crippen LogP contribution in [0.2, 0.25) is 0 Å². The standard InChI is InChI=1S/C12H10Cl2O3S/c13-12(14)7-6-11(18(15,16)17)10(8-12)9-4-2-1-3-5-9/h1-7H,8H2,(H,15,16,17). The minimum Gasteiger partial charge on any atom is -0.282 e. The van der Waals surface area contributed by atoms with E-state index in [-0.39, 0.29) is 11.3 Å². The van der Waals surface area contributed by atoms with E-state index in [1.807, 2.05) is 6.07 Å². The molecule has 0 heterocycles. The van der Waals surface area contributed by atoms with Gasteiger partial charge >= 0.3 is 0 Å². The molecule has 0 atom stereocenters. The molecule has 1 aliphatic carbocycles. The van der Waals surface area contributed by atoms with Gasteiger partial charge in [0.25, 0.3) is 10.1 Å². The molecule has 1 N–H and O–H groups in total. The Labute approximate surface area is 115 Å². The third kappa shape index (κ3) is 2.95. The smallest absolute Gasteiger partial charge is 0.282 e. The second-order valence-electron chi connectivity index (χ2n) is 3.96. The zero-order chi connectivity index (χ0) is 13.4. The molecule has 0 fully saturated rings. The van der Waals surface area contributed by atoms with Crippen LogP contribution in [0.1, 0.15) is 12.0 Å². The summed E-state index contributed by atoms with van der Waals surface area (Å²) < 4.78 is 30.7. The van der Waals surface area contributed by atoms with Crippen LogP contribution in [0.5, 0.6) is 0 Å². The van der Waals surface area contributed by atoms with Crippen molar-refractivity contribution < 1.29 is 13.0 Å². The number of benzene rings is 1. The summed E-state index contributed by atoms with van der Waals surface area (Å²) in [7, 11) is -4.30. The number of allylic oxidation sites excluding steroid dienone is 3. The normalized spacial score (nSPS) is 19.1. The Hall–Kier alpha value is -0.810. The molecule has 1 aromatic carbocycles. The Bertz CT molecular complexity index is 616. The lowest BCUT2D eigenvalue weighted by atomic mass is 9.97. The third-order valence-corrected chi connectivity index (χ3v) is 4.05. The Morgan fingerprint density at radius 2 is 1.78 bits per heavy atom. The zero-order valence-electron chi connectivity index (χ0n) is 9.18. The van der Waals surface area contributed by atoms with Crippen molar-refractivity contribution >= 4 is 38.9 Å². The van der Waals surface area contributed by atoms with Crippen LogP contribution in [0.25, 0.3) is 5.57 Å². The van der Waals surface area contributed by atoms with Crippen molar-refractivity contribution in [1.82, 2.24) is 0 Å². The Morgan fingerprint density at radius 1 is 1.17 bits per heavy atom. The first kappa shape index (κ1) is 13.6. The first-order valence-electron chi connectivity index (χ1n) is 5.13. The highest BCUT2D eigenvalue weighted by atomic mass is 35.5. The van der Waals surface area contributed by atoms with E-state index in [9.17, 15) is 13.0 Å². The Kier molecular flexibility index (Phi) is 3.56. The van der Waals surface area contributed by atoms with Gasteiger partial charge in [-0.15, -0.1) is 0 Å². The zero-order valence-corrected chi connectivity index (χ0v) is 11.5. The lowest BCUT2D eigenvalue weighted by molar-refractivity contribution is 0.492. The molecule has 1 aromatic rings. The van der Waals surface area contributed by atoms with Crippen molar-refractivity contribution in [3.63, 3.8) is 0 Å². The quantitative estimate of drug-likeness (QED) is 0.673. The van der Waals surface area contributed by atoms with Gasteiger partial charge in [0.05, 0.1) is 4.91 Å². The van der Waals surface area contributed by atoms with Crippen molar-refractivity contribution in [2.45, 2.75) is 10.8 Å². The lowest BCUT2D eigenvalue weighted by Gasteiger charge is -2.23. The molecule has 0 radical (unpaired) electrons. The average Bonchev–Trinajstić information content (AvgIpc) is 2.27. The molecule has 2 rings (SSSR count). The van der Waals surface area contributed by atoms with Crippen LogP contribution in [0, 0.1) is 0 Å². The molecular formula is C12H10Cl2O3S. The average molecular weight is 305 g/mol. The number of hydrogen-bond donors (Lipinski definition) is 1. The molecule has 18 heavy (non-hydrogen) atoms. The predicted molar refractivity (Wildman–Crippen MR) is 73.1 cm³/mol. The molecule has 3 nitrogen and oxygen atoms in total. The topological polar surface area (TPSA) is 54.4 Å². The van der Waals surface area contributed by atoms with E-state index in [1.54, 1.807) is 24.3 Å². The van der Waals surface area contributed by atoms with Crippen LogP contribution in [0.4, 0.5) is 0 Å². The van der Waals surface area contributed by atoms with Crippen molar-refractivity contribution in [3.8, 4) is 0 Å². The summed E-state index contributed by atoms with van der Waals surface area (Å²) in [4.78, 5) is -0.161. The molecule has 0 aromatic heterocycles. The van der Waals surface area contributed by atoms with Gasteiger partial charge in [0.2, 0.25) is 0 Å². The summed E-state index contributed by atoms with van der Waals surface area (Å²) >= 11 is 12.0. The molecule has 0 saturated carbocycles. The third-order valence-electron chi connectivity index (χ3n) is 2.59. The van der Waals surface area contributed by atoms with Gasteiger partial charge in [-0.3, -0.25) is 4.55 Å². The summed E-state index contributed by atoms with van der Waals surface area (Å²) in [5.41, 5.74) is 1.07. The molecule has 0 saturated heterocycles. The fourth-order valence-electron chi connectivity index (χ4n) is 1.81. The number of halogens is 2. The first-order chi connectivity index (χ1) is 8.30. The summed E-state index contributed by atoms with van der Waals surface area (Å²) in [5, 5.41) is 0. The Balaban J connectivity index is 2.63. The van der Waals surface area contributed by atoms with E-state index >= 15 is 0 Å². The minimum absolute atomic E-state index is 0.117. The molecule has 0 bridgehead atoms. The Morgan fingerprint density at radius 3 is 2.33 bits per heavy atom. The van der Waals surface area contributed by atoms with Crippen LogP contribution in [0.3, 0.4) is 0 Å². The van der Waals surface area contributed by atoms with Gasteiger partial charge in [0, 0.05) is 6.42 Å².